The van der Waals surface area contributed by atoms with Crippen LogP contribution < -0.4 is 10.1 Å². The molecule has 1 saturated carbocycles. The number of carbonyl (C=O) groups is 1. The molecule has 0 unspecified atom stereocenters. The maximum atomic E-state index is 12.7. The van der Waals surface area contributed by atoms with E-state index in [0.717, 1.165) is 34.7 Å². The second kappa shape index (κ2) is 7.53. The number of nitrogens with one attached hydrogen (secondary N) is 1. The van der Waals surface area contributed by atoms with Gasteiger partial charge in [0.2, 0.25) is 0 Å². The Kier molecular flexibility index (Phi) is 4.94. The lowest BCUT2D eigenvalue weighted by Gasteiger charge is -2.11. The molecule has 0 saturated heterocycles. The van der Waals surface area contributed by atoms with E-state index in [9.17, 15) is 4.79 Å². The van der Waals surface area contributed by atoms with Gasteiger partial charge < -0.3 is 10.1 Å². The number of anilines is 1. The number of hydrogen-bond donors (Lipinski definition) is 1. The first-order chi connectivity index (χ1) is 13.2. The van der Waals surface area contributed by atoms with Crippen LogP contribution in [0.15, 0.2) is 47.8 Å². The maximum absolute atomic E-state index is 12.7. The summed E-state index contributed by atoms with van der Waals surface area (Å²) in [4.78, 5) is 17.4. The molecule has 5 heteroatoms. The molecule has 1 aromatic heterocycles. The number of amides is 1. The number of aromatic nitrogens is 1. The average molecular weight is 378 g/mol. The Balaban J connectivity index is 1.48. The Labute approximate surface area is 163 Å². The summed E-state index contributed by atoms with van der Waals surface area (Å²) >= 11 is 1.74. The van der Waals surface area contributed by atoms with E-state index < -0.39 is 0 Å². The molecule has 1 heterocycles. The molecule has 4 rings (SSSR count). The highest BCUT2D eigenvalue weighted by molar-refractivity contribution is 7.10. The first-order valence-electron chi connectivity index (χ1n) is 9.22. The van der Waals surface area contributed by atoms with Crippen molar-refractivity contribution in [3.8, 4) is 17.0 Å². The van der Waals surface area contributed by atoms with Gasteiger partial charge in [0.05, 0.1) is 17.8 Å². The summed E-state index contributed by atoms with van der Waals surface area (Å²) in [6.45, 7) is 2.03. The van der Waals surface area contributed by atoms with Crippen LogP contribution in [0.5, 0.6) is 5.75 Å². The molecule has 1 aliphatic carbocycles. The van der Waals surface area contributed by atoms with Gasteiger partial charge in [-0.15, -0.1) is 11.3 Å². The van der Waals surface area contributed by atoms with E-state index in [1.165, 1.54) is 17.8 Å². The van der Waals surface area contributed by atoms with Gasteiger partial charge in [-0.25, -0.2) is 4.98 Å². The van der Waals surface area contributed by atoms with E-state index >= 15 is 0 Å². The van der Waals surface area contributed by atoms with Crippen molar-refractivity contribution in [2.24, 2.45) is 0 Å². The zero-order chi connectivity index (χ0) is 18.8. The third-order valence-electron chi connectivity index (χ3n) is 4.83. The number of methoxy groups -OCH3 is 1. The number of rotatable bonds is 6. The lowest BCUT2D eigenvalue weighted by Crippen LogP contribution is -2.14. The average Bonchev–Trinajstić information content (AvgIpc) is 3.45. The summed E-state index contributed by atoms with van der Waals surface area (Å²) in [6.07, 6.45) is 3.30. The molecular formula is C22H22N2O2S. The number of carbonyl (C=O) groups excluding carboxylic acids is 1. The van der Waals surface area contributed by atoms with Crippen LogP contribution in [0.3, 0.4) is 0 Å². The van der Waals surface area contributed by atoms with Crippen LogP contribution in [0.25, 0.3) is 11.3 Å². The Morgan fingerprint density at radius 2 is 2.00 bits per heavy atom. The Morgan fingerprint density at radius 3 is 2.67 bits per heavy atom. The quantitative estimate of drug-likeness (QED) is 0.615. The SMILES string of the molecule is CCc1cc(OC)ccc1C(=O)Nc1ccc(-c2csc(C3CC3)n2)cc1. The molecule has 1 aliphatic rings. The van der Waals surface area contributed by atoms with Crippen molar-refractivity contribution in [3.63, 3.8) is 0 Å². The number of thiazole rings is 1. The molecule has 2 aromatic carbocycles. The minimum absolute atomic E-state index is 0.105. The molecule has 0 aliphatic heterocycles. The zero-order valence-electron chi connectivity index (χ0n) is 15.5. The third kappa shape index (κ3) is 3.88. The maximum Gasteiger partial charge on any atom is 0.255 e. The fraction of sp³-hybridized carbons (Fsp3) is 0.273. The second-order valence-electron chi connectivity index (χ2n) is 6.75. The fourth-order valence-electron chi connectivity index (χ4n) is 3.07. The van der Waals surface area contributed by atoms with E-state index in [0.29, 0.717) is 11.5 Å². The van der Waals surface area contributed by atoms with Crippen LogP contribution in [0.1, 0.15) is 46.6 Å². The molecular weight excluding hydrogens is 356 g/mol. The smallest absolute Gasteiger partial charge is 0.255 e. The number of ether oxygens (including phenoxy) is 1. The van der Waals surface area contributed by atoms with Gasteiger partial charge in [0.1, 0.15) is 5.75 Å². The standard InChI is InChI=1S/C22H22N2O2S/c1-3-14-12-18(26-2)10-11-19(14)21(25)23-17-8-6-15(7-9-17)20-13-27-22(24-20)16-4-5-16/h6-13,16H,3-5H2,1-2H3,(H,23,25). The van der Waals surface area contributed by atoms with Gasteiger partial charge in [0, 0.05) is 28.1 Å². The van der Waals surface area contributed by atoms with Crippen LogP contribution in [0.4, 0.5) is 5.69 Å². The van der Waals surface area contributed by atoms with Crippen LogP contribution in [-0.2, 0) is 6.42 Å². The summed E-state index contributed by atoms with van der Waals surface area (Å²) in [5.74, 6) is 1.34. The van der Waals surface area contributed by atoms with E-state index in [-0.39, 0.29) is 5.91 Å². The highest BCUT2D eigenvalue weighted by Crippen LogP contribution is 2.42. The number of nitrogens with zero attached hydrogens (tertiary/aromatic N) is 1. The summed E-state index contributed by atoms with van der Waals surface area (Å²) in [5, 5.41) is 6.35. The molecule has 0 spiro atoms. The highest BCUT2D eigenvalue weighted by atomic mass is 32.1. The van der Waals surface area contributed by atoms with Gasteiger partial charge in [-0.3, -0.25) is 4.79 Å². The van der Waals surface area contributed by atoms with Crippen LogP contribution in [0, 0.1) is 0 Å². The second-order valence-corrected chi connectivity index (χ2v) is 7.64. The molecule has 1 N–H and O–H groups in total. The normalized spacial score (nSPS) is 13.4. The Morgan fingerprint density at radius 1 is 1.22 bits per heavy atom. The number of aryl methyl sites for hydroxylation is 1. The Hall–Kier alpha value is -2.66. The van der Waals surface area contributed by atoms with Crippen molar-refractivity contribution in [2.45, 2.75) is 32.1 Å². The molecule has 27 heavy (non-hydrogen) atoms. The first kappa shape index (κ1) is 17.7. The summed E-state index contributed by atoms with van der Waals surface area (Å²) in [6, 6.07) is 13.4. The molecule has 0 atom stereocenters. The predicted molar refractivity (Wildman–Crippen MR) is 110 cm³/mol. The van der Waals surface area contributed by atoms with Gasteiger partial charge in [0.15, 0.2) is 0 Å². The zero-order valence-corrected chi connectivity index (χ0v) is 16.3. The lowest BCUT2D eigenvalue weighted by atomic mass is 10.0. The van der Waals surface area contributed by atoms with Crippen molar-refractivity contribution in [1.82, 2.24) is 4.98 Å². The number of hydrogen-bond acceptors (Lipinski definition) is 4. The van der Waals surface area contributed by atoms with E-state index in [1.54, 1.807) is 18.4 Å². The molecule has 0 radical (unpaired) electrons. The summed E-state index contributed by atoms with van der Waals surface area (Å²) in [5.41, 5.74) is 4.52. The topological polar surface area (TPSA) is 51.2 Å². The minimum atomic E-state index is -0.105. The van der Waals surface area contributed by atoms with Gasteiger partial charge >= 0.3 is 0 Å². The van der Waals surface area contributed by atoms with Crippen molar-refractivity contribution in [2.75, 3.05) is 12.4 Å². The van der Waals surface area contributed by atoms with Gasteiger partial charge in [-0.1, -0.05) is 19.1 Å². The molecule has 4 nitrogen and oxygen atoms in total. The number of benzene rings is 2. The monoisotopic (exact) mass is 378 g/mol. The first-order valence-corrected chi connectivity index (χ1v) is 10.1. The van der Waals surface area contributed by atoms with Crippen LogP contribution in [-0.4, -0.2) is 18.0 Å². The van der Waals surface area contributed by atoms with Crippen LogP contribution >= 0.6 is 11.3 Å². The van der Waals surface area contributed by atoms with Crippen molar-refractivity contribution in [1.29, 1.82) is 0 Å². The van der Waals surface area contributed by atoms with Gasteiger partial charge in [-0.05, 0) is 55.2 Å². The largest absolute Gasteiger partial charge is 0.497 e. The highest BCUT2D eigenvalue weighted by Gasteiger charge is 2.26. The van der Waals surface area contributed by atoms with E-state index in [4.69, 9.17) is 9.72 Å². The van der Waals surface area contributed by atoms with E-state index in [2.05, 4.69) is 10.7 Å². The van der Waals surface area contributed by atoms with Crippen molar-refractivity contribution < 1.29 is 9.53 Å². The third-order valence-corrected chi connectivity index (χ3v) is 5.83. The molecule has 1 fully saturated rings. The Bertz CT molecular complexity index is 959. The minimum Gasteiger partial charge on any atom is -0.497 e. The van der Waals surface area contributed by atoms with Crippen molar-refractivity contribution >= 4 is 22.9 Å². The fourth-order valence-corrected chi connectivity index (χ4v) is 4.07. The van der Waals surface area contributed by atoms with Gasteiger partial charge in [-0.2, -0.15) is 0 Å². The lowest BCUT2D eigenvalue weighted by molar-refractivity contribution is 0.102. The molecule has 1 amide bonds. The summed E-state index contributed by atoms with van der Waals surface area (Å²) in [7, 11) is 1.63. The van der Waals surface area contributed by atoms with Crippen molar-refractivity contribution in [3.05, 3.63) is 64.0 Å². The molecule has 138 valence electrons. The van der Waals surface area contributed by atoms with Crippen LogP contribution in [0.2, 0.25) is 0 Å². The van der Waals surface area contributed by atoms with E-state index in [1.807, 2.05) is 49.4 Å². The predicted octanol–water partition coefficient (Wildman–Crippen LogP) is 5.51. The molecule has 0 bridgehead atoms. The molecule has 3 aromatic rings. The van der Waals surface area contributed by atoms with Gasteiger partial charge in [0.25, 0.3) is 5.91 Å². The summed E-state index contributed by atoms with van der Waals surface area (Å²) < 4.78 is 5.25.